The molecule has 0 aliphatic carbocycles. The van der Waals surface area contributed by atoms with Gasteiger partial charge in [0, 0.05) is 6.04 Å². The summed E-state index contributed by atoms with van der Waals surface area (Å²) in [5, 5.41) is 7.29. The van der Waals surface area contributed by atoms with Crippen LogP contribution in [0.2, 0.25) is 0 Å². The molecule has 0 fully saturated rings. The molecular formula is C18H39N2. The van der Waals surface area contributed by atoms with Crippen LogP contribution in [0.3, 0.4) is 0 Å². The highest BCUT2D eigenvalue weighted by atomic mass is 14.9. The highest BCUT2D eigenvalue weighted by Crippen LogP contribution is 2.09. The Balaban J connectivity index is 3.53. The van der Waals surface area contributed by atoms with Crippen molar-refractivity contribution in [2.75, 3.05) is 19.6 Å². The van der Waals surface area contributed by atoms with Crippen molar-refractivity contribution in [1.29, 1.82) is 0 Å². The van der Waals surface area contributed by atoms with Crippen LogP contribution in [-0.2, 0) is 0 Å². The second-order valence-electron chi connectivity index (χ2n) is 5.95. The largest absolute Gasteiger partial charge is 0.317 e. The van der Waals surface area contributed by atoms with Crippen LogP contribution in [0.25, 0.3) is 0 Å². The number of unbranched alkanes of at least 4 members (excludes halogenated alkanes) is 5. The zero-order valence-corrected chi connectivity index (χ0v) is 14.2. The summed E-state index contributed by atoms with van der Waals surface area (Å²) in [6, 6.07) is 0.726. The van der Waals surface area contributed by atoms with E-state index in [-0.39, 0.29) is 0 Å². The molecule has 2 heteroatoms. The van der Waals surface area contributed by atoms with Crippen LogP contribution in [0.1, 0.15) is 84.5 Å². The minimum atomic E-state index is 0.726. The summed E-state index contributed by atoms with van der Waals surface area (Å²) in [6.07, 6.45) is 14.3. The predicted octanol–water partition coefficient (Wildman–Crippen LogP) is 4.70. The molecule has 0 aliphatic heterocycles. The first kappa shape index (κ1) is 19.9. The lowest BCUT2D eigenvalue weighted by atomic mass is 10.0. The van der Waals surface area contributed by atoms with Gasteiger partial charge in [-0.05, 0) is 51.7 Å². The summed E-state index contributed by atoms with van der Waals surface area (Å²) in [5.74, 6) is 0. The highest BCUT2D eigenvalue weighted by molar-refractivity contribution is 4.68. The van der Waals surface area contributed by atoms with Crippen LogP contribution in [0, 0.1) is 6.92 Å². The highest BCUT2D eigenvalue weighted by Gasteiger charge is 2.06. The number of nitrogens with one attached hydrogen (secondary N) is 2. The quantitative estimate of drug-likeness (QED) is 0.401. The lowest BCUT2D eigenvalue weighted by Gasteiger charge is -2.18. The Labute approximate surface area is 128 Å². The molecule has 0 bridgehead atoms. The van der Waals surface area contributed by atoms with Crippen molar-refractivity contribution in [2.24, 2.45) is 0 Å². The first-order valence-electron chi connectivity index (χ1n) is 9.08. The van der Waals surface area contributed by atoms with E-state index in [0.29, 0.717) is 0 Å². The molecule has 0 aromatic heterocycles. The topological polar surface area (TPSA) is 24.1 Å². The third-order valence-electron chi connectivity index (χ3n) is 3.88. The summed E-state index contributed by atoms with van der Waals surface area (Å²) >= 11 is 0. The van der Waals surface area contributed by atoms with Crippen molar-refractivity contribution < 1.29 is 0 Å². The van der Waals surface area contributed by atoms with E-state index in [1.165, 1.54) is 83.8 Å². The van der Waals surface area contributed by atoms with E-state index in [4.69, 9.17) is 0 Å². The van der Waals surface area contributed by atoms with Gasteiger partial charge in [-0.1, -0.05) is 59.3 Å². The maximum absolute atomic E-state index is 3.97. The van der Waals surface area contributed by atoms with Gasteiger partial charge in [-0.25, -0.2) is 0 Å². The molecule has 1 unspecified atom stereocenters. The van der Waals surface area contributed by atoms with Crippen LogP contribution in [0.15, 0.2) is 0 Å². The smallest absolute Gasteiger partial charge is 0.00670 e. The van der Waals surface area contributed by atoms with Crippen LogP contribution in [0.5, 0.6) is 0 Å². The Bertz CT molecular complexity index is 171. The standard InChI is InChI=1S/C18H39N2/c1-4-7-11-17-20-18(13-8-5-2)14-10-12-16-19-15-9-6-3/h18-20H,2,4-17H2,1,3H3. The lowest BCUT2D eigenvalue weighted by molar-refractivity contribution is 0.418. The molecule has 0 spiro atoms. The Morgan fingerprint density at radius 1 is 0.750 bits per heavy atom. The molecule has 0 saturated carbocycles. The molecule has 0 aromatic rings. The van der Waals surface area contributed by atoms with Gasteiger partial charge in [0.25, 0.3) is 0 Å². The first-order valence-corrected chi connectivity index (χ1v) is 9.08. The van der Waals surface area contributed by atoms with Crippen LogP contribution in [-0.4, -0.2) is 25.7 Å². The first-order chi connectivity index (χ1) is 9.85. The minimum Gasteiger partial charge on any atom is -0.317 e. The van der Waals surface area contributed by atoms with Crippen molar-refractivity contribution in [3.63, 3.8) is 0 Å². The summed E-state index contributed by atoms with van der Waals surface area (Å²) in [4.78, 5) is 0. The normalized spacial score (nSPS) is 12.8. The van der Waals surface area contributed by atoms with Crippen molar-refractivity contribution in [2.45, 2.75) is 90.5 Å². The number of hydrogen-bond acceptors (Lipinski definition) is 2. The zero-order valence-electron chi connectivity index (χ0n) is 14.2. The summed E-state index contributed by atoms with van der Waals surface area (Å²) in [7, 11) is 0. The Morgan fingerprint density at radius 3 is 2.10 bits per heavy atom. The van der Waals surface area contributed by atoms with Crippen molar-refractivity contribution in [3.8, 4) is 0 Å². The minimum absolute atomic E-state index is 0.726. The molecule has 2 N–H and O–H groups in total. The van der Waals surface area contributed by atoms with Crippen LogP contribution in [0.4, 0.5) is 0 Å². The van der Waals surface area contributed by atoms with Gasteiger partial charge in [-0.3, -0.25) is 0 Å². The van der Waals surface area contributed by atoms with Crippen molar-refractivity contribution in [1.82, 2.24) is 10.6 Å². The summed E-state index contributed by atoms with van der Waals surface area (Å²) in [5.41, 5.74) is 0. The van der Waals surface area contributed by atoms with E-state index in [2.05, 4.69) is 31.4 Å². The van der Waals surface area contributed by atoms with Crippen LogP contribution < -0.4 is 10.6 Å². The molecule has 0 aliphatic rings. The fraction of sp³-hybridized carbons (Fsp3) is 0.944. The van der Waals surface area contributed by atoms with Crippen molar-refractivity contribution >= 4 is 0 Å². The predicted molar refractivity (Wildman–Crippen MR) is 92.2 cm³/mol. The summed E-state index contributed by atoms with van der Waals surface area (Å²) in [6.45, 7) is 12.1. The van der Waals surface area contributed by atoms with Gasteiger partial charge in [0.15, 0.2) is 0 Å². The maximum atomic E-state index is 3.97. The second kappa shape index (κ2) is 17.0. The molecule has 0 saturated heterocycles. The van der Waals surface area contributed by atoms with Gasteiger partial charge in [0.1, 0.15) is 0 Å². The Kier molecular flexibility index (Phi) is 16.9. The molecule has 121 valence electrons. The van der Waals surface area contributed by atoms with E-state index in [0.717, 1.165) is 12.5 Å². The molecule has 2 nitrogen and oxygen atoms in total. The van der Waals surface area contributed by atoms with Gasteiger partial charge >= 0.3 is 0 Å². The molecule has 1 atom stereocenters. The Hall–Kier alpha value is -0.0800. The SMILES string of the molecule is [CH2]CCCC(CCCCNCCCC)NCCCCC. The van der Waals surface area contributed by atoms with E-state index < -0.39 is 0 Å². The second-order valence-corrected chi connectivity index (χ2v) is 5.95. The molecule has 0 aromatic carbocycles. The average Bonchev–Trinajstić information content (AvgIpc) is 2.47. The third-order valence-corrected chi connectivity index (χ3v) is 3.88. The number of hydrogen-bond donors (Lipinski definition) is 2. The molecule has 20 heavy (non-hydrogen) atoms. The van der Waals surface area contributed by atoms with E-state index in [9.17, 15) is 0 Å². The van der Waals surface area contributed by atoms with Gasteiger partial charge in [-0.2, -0.15) is 0 Å². The molecule has 0 amide bonds. The Morgan fingerprint density at radius 2 is 1.40 bits per heavy atom. The van der Waals surface area contributed by atoms with E-state index in [1.54, 1.807) is 0 Å². The number of rotatable bonds is 16. The summed E-state index contributed by atoms with van der Waals surface area (Å²) < 4.78 is 0. The third kappa shape index (κ3) is 14.3. The molecule has 0 heterocycles. The fourth-order valence-electron chi connectivity index (χ4n) is 2.49. The zero-order chi connectivity index (χ0) is 14.9. The van der Waals surface area contributed by atoms with E-state index in [1.807, 2.05) is 0 Å². The van der Waals surface area contributed by atoms with Gasteiger partial charge in [0.2, 0.25) is 0 Å². The molecule has 1 radical (unpaired) electrons. The van der Waals surface area contributed by atoms with Crippen LogP contribution >= 0.6 is 0 Å². The lowest BCUT2D eigenvalue weighted by Crippen LogP contribution is -2.30. The molecule has 0 rings (SSSR count). The monoisotopic (exact) mass is 283 g/mol. The van der Waals surface area contributed by atoms with Gasteiger partial charge in [-0.15, -0.1) is 0 Å². The maximum Gasteiger partial charge on any atom is 0.00670 e. The average molecular weight is 284 g/mol. The van der Waals surface area contributed by atoms with Gasteiger partial charge in [0.05, 0.1) is 0 Å². The van der Waals surface area contributed by atoms with Crippen molar-refractivity contribution in [3.05, 3.63) is 6.92 Å². The van der Waals surface area contributed by atoms with E-state index >= 15 is 0 Å². The fourth-order valence-corrected chi connectivity index (χ4v) is 2.49. The molecular weight excluding hydrogens is 244 g/mol. The van der Waals surface area contributed by atoms with Gasteiger partial charge < -0.3 is 10.6 Å².